The van der Waals surface area contributed by atoms with Crippen molar-refractivity contribution in [3.63, 3.8) is 0 Å². The molecule has 8 heteroatoms. The molecule has 2 rings (SSSR count). The fraction of sp³-hybridized carbons (Fsp3) is 0.429. The summed E-state index contributed by atoms with van der Waals surface area (Å²) in [5.41, 5.74) is -0.624. The van der Waals surface area contributed by atoms with E-state index in [1.165, 1.54) is 0 Å². The number of esters is 1. The van der Waals surface area contributed by atoms with E-state index in [4.69, 9.17) is 9.47 Å². The Morgan fingerprint density at radius 2 is 1.95 bits per heavy atom. The summed E-state index contributed by atoms with van der Waals surface area (Å²) in [6.45, 7) is -0.0305. The molecule has 1 saturated heterocycles. The highest BCUT2D eigenvalue weighted by atomic mass is 19.4. The SMILES string of the molecule is O=C(COC(=O)[C@@H]1CCCO1)Nc1ccc(C(F)(F)F)cc1. The molecule has 1 heterocycles. The average Bonchev–Trinajstić information content (AvgIpc) is 2.98. The number of benzene rings is 1. The highest BCUT2D eigenvalue weighted by Gasteiger charge is 2.30. The van der Waals surface area contributed by atoms with Crippen molar-refractivity contribution in [2.45, 2.75) is 25.1 Å². The van der Waals surface area contributed by atoms with Crippen molar-refractivity contribution in [3.05, 3.63) is 29.8 Å². The topological polar surface area (TPSA) is 64.6 Å². The maximum atomic E-state index is 12.4. The quantitative estimate of drug-likeness (QED) is 0.866. The molecule has 0 bridgehead atoms. The van der Waals surface area contributed by atoms with Gasteiger partial charge in [-0.2, -0.15) is 13.2 Å². The van der Waals surface area contributed by atoms with E-state index >= 15 is 0 Å². The van der Waals surface area contributed by atoms with Crippen LogP contribution in [0, 0.1) is 0 Å². The molecule has 1 aromatic rings. The van der Waals surface area contributed by atoms with E-state index in [0.29, 0.717) is 13.0 Å². The zero-order valence-corrected chi connectivity index (χ0v) is 11.5. The van der Waals surface area contributed by atoms with Crippen molar-refractivity contribution >= 4 is 17.6 Å². The molecule has 0 radical (unpaired) electrons. The maximum Gasteiger partial charge on any atom is 0.416 e. The molecule has 1 atom stereocenters. The Morgan fingerprint density at radius 1 is 1.27 bits per heavy atom. The lowest BCUT2D eigenvalue weighted by Gasteiger charge is -2.11. The molecule has 0 aromatic heterocycles. The third kappa shape index (κ3) is 4.45. The standard InChI is InChI=1S/C14H14F3NO4/c15-14(16,17)9-3-5-10(6-4-9)18-12(19)8-22-13(20)11-2-1-7-21-11/h3-6,11H,1-2,7-8H2,(H,18,19)/t11-/m0/s1. The second-order valence-corrected chi connectivity index (χ2v) is 4.73. The van der Waals surface area contributed by atoms with Gasteiger partial charge in [-0.05, 0) is 37.1 Å². The summed E-state index contributed by atoms with van der Waals surface area (Å²) in [6, 6.07) is 3.97. The molecule has 120 valence electrons. The molecule has 1 N–H and O–H groups in total. The Balaban J connectivity index is 1.80. The van der Waals surface area contributed by atoms with E-state index in [0.717, 1.165) is 30.7 Å². The number of hydrogen-bond acceptors (Lipinski definition) is 4. The van der Waals surface area contributed by atoms with Gasteiger partial charge >= 0.3 is 12.1 Å². The molecule has 1 fully saturated rings. The molecule has 0 unspecified atom stereocenters. The molecule has 22 heavy (non-hydrogen) atoms. The van der Waals surface area contributed by atoms with E-state index in [1.54, 1.807) is 0 Å². The third-order valence-electron chi connectivity index (χ3n) is 3.03. The molecule has 5 nitrogen and oxygen atoms in total. The summed E-state index contributed by atoms with van der Waals surface area (Å²) in [4.78, 5) is 23.1. The Morgan fingerprint density at radius 3 is 2.50 bits per heavy atom. The molecule has 1 aliphatic heterocycles. The first-order valence-electron chi connectivity index (χ1n) is 6.61. The lowest BCUT2D eigenvalue weighted by Crippen LogP contribution is -2.27. The van der Waals surface area contributed by atoms with Crippen LogP contribution >= 0.6 is 0 Å². The minimum atomic E-state index is -4.43. The summed E-state index contributed by atoms with van der Waals surface area (Å²) in [6.07, 6.45) is -3.75. The number of carbonyl (C=O) groups is 2. The molecule has 0 saturated carbocycles. The van der Waals surface area contributed by atoms with Gasteiger partial charge in [0.1, 0.15) is 0 Å². The van der Waals surface area contributed by atoms with Crippen molar-refractivity contribution in [3.8, 4) is 0 Å². The average molecular weight is 317 g/mol. The summed E-state index contributed by atoms with van der Waals surface area (Å²) < 4.78 is 47.0. The fourth-order valence-electron chi connectivity index (χ4n) is 1.93. The highest BCUT2D eigenvalue weighted by Crippen LogP contribution is 2.29. The molecule has 0 aliphatic carbocycles. The fourth-order valence-corrected chi connectivity index (χ4v) is 1.93. The summed E-state index contributed by atoms with van der Waals surface area (Å²) in [7, 11) is 0. The number of nitrogens with one attached hydrogen (secondary N) is 1. The normalized spacial score (nSPS) is 18.0. The van der Waals surface area contributed by atoms with Gasteiger partial charge in [-0.15, -0.1) is 0 Å². The van der Waals surface area contributed by atoms with Crippen molar-refractivity contribution in [2.75, 3.05) is 18.5 Å². The van der Waals surface area contributed by atoms with Gasteiger partial charge in [-0.25, -0.2) is 4.79 Å². The van der Waals surface area contributed by atoms with Gasteiger partial charge in [0.05, 0.1) is 5.56 Å². The number of alkyl halides is 3. The maximum absolute atomic E-state index is 12.4. The molecule has 1 aliphatic rings. The largest absolute Gasteiger partial charge is 0.454 e. The van der Waals surface area contributed by atoms with E-state index in [2.05, 4.69) is 5.32 Å². The number of ether oxygens (including phenoxy) is 2. The van der Waals surface area contributed by atoms with Crippen LogP contribution in [0.2, 0.25) is 0 Å². The van der Waals surface area contributed by atoms with E-state index in [1.807, 2.05) is 0 Å². The molecule has 1 aromatic carbocycles. The zero-order valence-electron chi connectivity index (χ0n) is 11.5. The van der Waals surface area contributed by atoms with Gasteiger partial charge in [-0.1, -0.05) is 0 Å². The van der Waals surface area contributed by atoms with Gasteiger partial charge in [-0.3, -0.25) is 4.79 Å². The predicted octanol–water partition coefficient (Wildman–Crippen LogP) is 2.37. The molecular weight excluding hydrogens is 303 g/mol. The second-order valence-electron chi connectivity index (χ2n) is 4.73. The third-order valence-corrected chi connectivity index (χ3v) is 3.03. The summed E-state index contributed by atoms with van der Waals surface area (Å²) in [5, 5.41) is 2.34. The van der Waals surface area contributed by atoms with Crippen molar-refractivity contribution in [1.82, 2.24) is 0 Å². The van der Waals surface area contributed by atoms with Crippen LogP contribution in [-0.4, -0.2) is 31.2 Å². The van der Waals surface area contributed by atoms with Crippen LogP contribution in [0.4, 0.5) is 18.9 Å². The summed E-state index contributed by atoms with van der Waals surface area (Å²) in [5.74, 6) is -1.24. The van der Waals surface area contributed by atoms with Gasteiger partial charge in [0.15, 0.2) is 12.7 Å². The van der Waals surface area contributed by atoms with Crippen molar-refractivity contribution in [1.29, 1.82) is 0 Å². The first-order valence-corrected chi connectivity index (χ1v) is 6.61. The second kappa shape index (κ2) is 6.78. The van der Waals surface area contributed by atoms with E-state index in [-0.39, 0.29) is 5.69 Å². The predicted molar refractivity (Wildman–Crippen MR) is 70.0 cm³/mol. The highest BCUT2D eigenvalue weighted by molar-refractivity contribution is 5.93. The number of amides is 1. The number of hydrogen-bond donors (Lipinski definition) is 1. The van der Waals surface area contributed by atoms with Crippen LogP contribution in [0.5, 0.6) is 0 Å². The van der Waals surface area contributed by atoms with Gasteiger partial charge in [0, 0.05) is 12.3 Å². The smallest absolute Gasteiger partial charge is 0.416 e. The Bertz CT molecular complexity index is 536. The Labute approximate surface area is 124 Å². The lowest BCUT2D eigenvalue weighted by molar-refractivity contribution is -0.156. The minimum Gasteiger partial charge on any atom is -0.454 e. The first kappa shape index (κ1) is 16.3. The number of carbonyl (C=O) groups excluding carboxylic acids is 2. The number of anilines is 1. The van der Waals surface area contributed by atoms with E-state index < -0.39 is 36.3 Å². The lowest BCUT2D eigenvalue weighted by atomic mass is 10.2. The molecular formula is C14H14F3NO4. The first-order chi connectivity index (χ1) is 10.4. The van der Waals surface area contributed by atoms with Crippen LogP contribution in [0.15, 0.2) is 24.3 Å². The van der Waals surface area contributed by atoms with E-state index in [9.17, 15) is 22.8 Å². The van der Waals surface area contributed by atoms with Crippen LogP contribution in [-0.2, 0) is 25.2 Å². The number of rotatable bonds is 4. The van der Waals surface area contributed by atoms with Crippen LogP contribution < -0.4 is 5.32 Å². The zero-order chi connectivity index (χ0) is 16.2. The van der Waals surface area contributed by atoms with Gasteiger partial charge in [0.25, 0.3) is 5.91 Å². The Kier molecular flexibility index (Phi) is 5.02. The van der Waals surface area contributed by atoms with Gasteiger partial charge < -0.3 is 14.8 Å². The van der Waals surface area contributed by atoms with Crippen LogP contribution in [0.3, 0.4) is 0 Å². The van der Waals surface area contributed by atoms with Crippen molar-refractivity contribution < 1.29 is 32.2 Å². The number of halogens is 3. The molecule has 0 spiro atoms. The summed E-state index contributed by atoms with van der Waals surface area (Å²) >= 11 is 0. The minimum absolute atomic E-state index is 0.186. The van der Waals surface area contributed by atoms with Crippen LogP contribution in [0.25, 0.3) is 0 Å². The van der Waals surface area contributed by atoms with Gasteiger partial charge in [0.2, 0.25) is 0 Å². The van der Waals surface area contributed by atoms with Crippen molar-refractivity contribution in [2.24, 2.45) is 0 Å². The Hall–Kier alpha value is -2.09. The van der Waals surface area contributed by atoms with Crippen LogP contribution in [0.1, 0.15) is 18.4 Å². The monoisotopic (exact) mass is 317 g/mol. The molecule has 1 amide bonds.